The molecule has 3 rings (SSSR count). The minimum atomic E-state index is -0.759. The number of aliphatic carboxylic acids is 1. The zero-order valence-electron chi connectivity index (χ0n) is 11.6. The molecule has 1 aliphatic heterocycles. The maximum atomic E-state index is 11.3. The standard InChI is InChI=1S/C17H17NO3/c19-15-6-3-4-12(8-15)10-18-11-14(17(20)21)9-13-5-1-2-7-16(13)18/h1-8,14,19H,9-11H2,(H,20,21). The predicted molar refractivity (Wildman–Crippen MR) is 80.4 cm³/mol. The van der Waals surface area contributed by atoms with E-state index in [1.807, 2.05) is 30.3 Å². The predicted octanol–water partition coefficient (Wildman–Crippen LogP) is 2.66. The van der Waals surface area contributed by atoms with Crippen molar-refractivity contribution in [2.45, 2.75) is 13.0 Å². The van der Waals surface area contributed by atoms with Crippen molar-refractivity contribution in [2.75, 3.05) is 11.4 Å². The second kappa shape index (κ2) is 5.48. The highest BCUT2D eigenvalue weighted by atomic mass is 16.4. The number of rotatable bonds is 3. The quantitative estimate of drug-likeness (QED) is 0.909. The van der Waals surface area contributed by atoms with E-state index < -0.39 is 11.9 Å². The van der Waals surface area contributed by atoms with E-state index in [-0.39, 0.29) is 5.75 Å². The Morgan fingerprint density at radius 3 is 2.76 bits per heavy atom. The summed E-state index contributed by atoms with van der Waals surface area (Å²) in [6.07, 6.45) is 0.571. The first kappa shape index (κ1) is 13.5. The highest BCUT2D eigenvalue weighted by Gasteiger charge is 2.28. The molecule has 1 unspecified atom stereocenters. The lowest BCUT2D eigenvalue weighted by Gasteiger charge is -2.34. The number of hydrogen-bond donors (Lipinski definition) is 2. The SMILES string of the molecule is O=C(O)C1Cc2ccccc2N(Cc2cccc(O)c2)C1. The Hall–Kier alpha value is -2.49. The molecule has 4 nitrogen and oxygen atoms in total. The molecule has 1 aliphatic rings. The third-order valence-electron chi connectivity index (χ3n) is 3.87. The van der Waals surface area contributed by atoms with Gasteiger partial charge >= 0.3 is 5.97 Å². The van der Waals surface area contributed by atoms with Crippen molar-refractivity contribution >= 4 is 11.7 Å². The van der Waals surface area contributed by atoms with Gasteiger partial charge in [0.05, 0.1) is 5.92 Å². The molecule has 1 atom stereocenters. The van der Waals surface area contributed by atoms with Gasteiger partial charge in [-0.05, 0) is 35.7 Å². The van der Waals surface area contributed by atoms with Crippen LogP contribution in [0.3, 0.4) is 0 Å². The van der Waals surface area contributed by atoms with Crippen LogP contribution >= 0.6 is 0 Å². The number of benzene rings is 2. The molecular formula is C17H17NO3. The van der Waals surface area contributed by atoms with Crippen molar-refractivity contribution in [2.24, 2.45) is 5.92 Å². The van der Waals surface area contributed by atoms with Crippen molar-refractivity contribution in [1.82, 2.24) is 0 Å². The Kier molecular flexibility index (Phi) is 3.52. The highest BCUT2D eigenvalue weighted by molar-refractivity contribution is 5.74. The Labute approximate surface area is 123 Å². The van der Waals surface area contributed by atoms with Crippen LogP contribution in [0.15, 0.2) is 48.5 Å². The molecule has 21 heavy (non-hydrogen) atoms. The Morgan fingerprint density at radius 2 is 2.00 bits per heavy atom. The van der Waals surface area contributed by atoms with Crippen LogP contribution in [0.5, 0.6) is 5.75 Å². The average Bonchev–Trinajstić information content (AvgIpc) is 2.47. The largest absolute Gasteiger partial charge is 0.508 e. The van der Waals surface area contributed by atoms with Crippen LogP contribution < -0.4 is 4.90 Å². The summed E-state index contributed by atoms with van der Waals surface area (Å²) < 4.78 is 0. The fourth-order valence-corrected chi connectivity index (χ4v) is 2.88. The minimum Gasteiger partial charge on any atom is -0.508 e. The third kappa shape index (κ3) is 2.84. The van der Waals surface area contributed by atoms with Gasteiger partial charge in [-0.3, -0.25) is 4.79 Å². The van der Waals surface area contributed by atoms with E-state index in [1.54, 1.807) is 18.2 Å². The normalized spacial score (nSPS) is 17.3. The molecule has 2 aromatic rings. The topological polar surface area (TPSA) is 60.8 Å². The Morgan fingerprint density at radius 1 is 1.19 bits per heavy atom. The van der Waals surface area contributed by atoms with Crippen LogP contribution in [0.4, 0.5) is 5.69 Å². The number of carbonyl (C=O) groups is 1. The summed E-state index contributed by atoms with van der Waals surface area (Å²) in [6, 6.07) is 15.0. The van der Waals surface area contributed by atoms with Gasteiger partial charge in [0, 0.05) is 18.8 Å². The fraction of sp³-hybridized carbons (Fsp3) is 0.235. The zero-order valence-corrected chi connectivity index (χ0v) is 11.6. The molecule has 0 saturated heterocycles. The molecule has 0 aliphatic carbocycles. The van der Waals surface area contributed by atoms with Gasteiger partial charge in [0.15, 0.2) is 0 Å². The minimum absolute atomic E-state index is 0.229. The Bertz CT molecular complexity index is 669. The zero-order chi connectivity index (χ0) is 14.8. The first-order chi connectivity index (χ1) is 10.1. The van der Waals surface area contributed by atoms with Gasteiger partial charge < -0.3 is 15.1 Å². The maximum absolute atomic E-state index is 11.3. The van der Waals surface area contributed by atoms with Crippen LogP contribution in [0.2, 0.25) is 0 Å². The first-order valence-corrected chi connectivity index (χ1v) is 6.97. The molecule has 0 spiro atoms. The van der Waals surface area contributed by atoms with Crippen molar-refractivity contribution < 1.29 is 15.0 Å². The lowest BCUT2D eigenvalue weighted by molar-refractivity contribution is -0.141. The van der Waals surface area contributed by atoms with E-state index in [4.69, 9.17) is 0 Å². The fourth-order valence-electron chi connectivity index (χ4n) is 2.88. The second-order valence-corrected chi connectivity index (χ2v) is 5.42. The number of phenols is 1. The molecule has 4 heteroatoms. The summed E-state index contributed by atoms with van der Waals surface area (Å²) in [5.41, 5.74) is 3.12. The monoisotopic (exact) mass is 283 g/mol. The van der Waals surface area contributed by atoms with E-state index >= 15 is 0 Å². The summed E-state index contributed by atoms with van der Waals surface area (Å²) in [7, 11) is 0. The van der Waals surface area contributed by atoms with Crippen molar-refractivity contribution in [1.29, 1.82) is 0 Å². The molecule has 108 valence electrons. The number of anilines is 1. The van der Waals surface area contributed by atoms with Gasteiger partial charge in [-0.1, -0.05) is 30.3 Å². The molecule has 0 amide bonds. The summed E-state index contributed by atoms with van der Waals surface area (Å²) in [5, 5.41) is 18.9. The number of phenolic OH excluding ortho intramolecular Hbond substituents is 1. The van der Waals surface area contributed by atoms with Crippen LogP contribution in [0.25, 0.3) is 0 Å². The molecule has 2 N–H and O–H groups in total. The number of fused-ring (bicyclic) bond motifs is 1. The number of aromatic hydroxyl groups is 1. The van der Waals surface area contributed by atoms with E-state index in [2.05, 4.69) is 4.90 Å². The van der Waals surface area contributed by atoms with Crippen molar-refractivity contribution in [3.05, 3.63) is 59.7 Å². The van der Waals surface area contributed by atoms with Gasteiger partial charge in [-0.2, -0.15) is 0 Å². The van der Waals surface area contributed by atoms with Crippen LogP contribution in [0.1, 0.15) is 11.1 Å². The highest BCUT2D eigenvalue weighted by Crippen LogP contribution is 2.31. The molecule has 2 aromatic carbocycles. The molecule has 0 aromatic heterocycles. The number of para-hydroxylation sites is 1. The lowest BCUT2D eigenvalue weighted by atomic mass is 9.92. The second-order valence-electron chi connectivity index (χ2n) is 5.42. The first-order valence-electron chi connectivity index (χ1n) is 6.97. The Balaban J connectivity index is 1.91. The lowest BCUT2D eigenvalue weighted by Crippen LogP contribution is -2.38. The molecular weight excluding hydrogens is 266 g/mol. The average molecular weight is 283 g/mol. The number of carboxylic acid groups (broad SMARTS) is 1. The smallest absolute Gasteiger partial charge is 0.308 e. The van der Waals surface area contributed by atoms with Crippen LogP contribution in [-0.2, 0) is 17.8 Å². The molecule has 1 heterocycles. The molecule has 0 fully saturated rings. The van der Waals surface area contributed by atoms with Gasteiger partial charge in [0.2, 0.25) is 0 Å². The van der Waals surface area contributed by atoms with Crippen LogP contribution in [0, 0.1) is 5.92 Å². The van der Waals surface area contributed by atoms with Crippen molar-refractivity contribution in [3.63, 3.8) is 0 Å². The molecule has 0 saturated carbocycles. The summed E-state index contributed by atoms with van der Waals surface area (Å²) >= 11 is 0. The van der Waals surface area contributed by atoms with E-state index in [9.17, 15) is 15.0 Å². The molecule has 0 bridgehead atoms. The summed E-state index contributed by atoms with van der Waals surface area (Å²) in [4.78, 5) is 13.4. The van der Waals surface area contributed by atoms with E-state index in [1.165, 1.54) is 0 Å². The van der Waals surface area contributed by atoms with Gasteiger partial charge in [0.25, 0.3) is 0 Å². The third-order valence-corrected chi connectivity index (χ3v) is 3.87. The van der Waals surface area contributed by atoms with Crippen molar-refractivity contribution in [3.8, 4) is 5.75 Å². The molecule has 0 radical (unpaired) electrons. The summed E-state index contributed by atoms with van der Waals surface area (Å²) in [6.45, 7) is 1.08. The number of carboxylic acids is 1. The summed E-state index contributed by atoms with van der Waals surface area (Å²) in [5.74, 6) is -0.921. The number of hydrogen-bond acceptors (Lipinski definition) is 3. The van der Waals surface area contributed by atoms with Gasteiger partial charge in [-0.25, -0.2) is 0 Å². The van der Waals surface area contributed by atoms with Crippen LogP contribution in [-0.4, -0.2) is 22.7 Å². The number of nitrogens with zero attached hydrogens (tertiary/aromatic N) is 1. The van der Waals surface area contributed by atoms with Gasteiger partial charge in [-0.15, -0.1) is 0 Å². The maximum Gasteiger partial charge on any atom is 0.308 e. The van der Waals surface area contributed by atoms with E-state index in [0.29, 0.717) is 19.5 Å². The van der Waals surface area contributed by atoms with E-state index in [0.717, 1.165) is 16.8 Å². The van der Waals surface area contributed by atoms with Gasteiger partial charge in [0.1, 0.15) is 5.75 Å².